The molecule has 0 aromatic heterocycles. The average Bonchev–Trinajstić information content (AvgIpc) is 2.45. The lowest BCUT2D eigenvalue weighted by Gasteiger charge is -2.35. The van der Waals surface area contributed by atoms with Crippen molar-refractivity contribution >= 4 is 11.6 Å². The largest absolute Gasteiger partial charge is 0.385 e. The van der Waals surface area contributed by atoms with Gasteiger partial charge in [-0.1, -0.05) is 24.6 Å². The molecule has 2 aliphatic rings. The van der Waals surface area contributed by atoms with Gasteiger partial charge in [0.15, 0.2) is 0 Å². The lowest BCUT2D eigenvalue weighted by molar-refractivity contribution is -0.133. The molecule has 1 fully saturated rings. The zero-order chi connectivity index (χ0) is 13.9. The van der Waals surface area contributed by atoms with E-state index in [1.165, 1.54) is 24.8 Å². The topological polar surface area (TPSA) is 32.3 Å². The molecule has 0 spiro atoms. The quantitative estimate of drug-likeness (QED) is 0.912. The SMILES string of the molecule is CCN(CC1CCC1)C(=O)C1CCNc2ccccc21. The third kappa shape index (κ3) is 2.54. The van der Waals surface area contributed by atoms with Crippen molar-refractivity contribution in [1.29, 1.82) is 0 Å². The van der Waals surface area contributed by atoms with E-state index in [2.05, 4.69) is 29.3 Å². The molecule has 1 atom stereocenters. The number of hydrogen-bond donors (Lipinski definition) is 1. The number of nitrogens with one attached hydrogen (secondary N) is 1. The van der Waals surface area contributed by atoms with Crippen molar-refractivity contribution in [3.05, 3.63) is 29.8 Å². The van der Waals surface area contributed by atoms with Crippen LogP contribution in [0.15, 0.2) is 24.3 Å². The van der Waals surface area contributed by atoms with Crippen LogP contribution in [0.4, 0.5) is 5.69 Å². The number of hydrogen-bond acceptors (Lipinski definition) is 2. The molecule has 0 bridgehead atoms. The number of fused-ring (bicyclic) bond motifs is 1. The van der Waals surface area contributed by atoms with Gasteiger partial charge in [0.2, 0.25) is 5.91 Å². The molecule has 1 saturated carbocycles. The van der Waals surface area contributed by atoms with Gasteiger partial charge in [0.25, 0.3) is 0 Å². The third-order valence-corrected chi connectivity index (χ3v) is 4.78. The highest BCUT2D eigenvalue weighted by Gasteiger charge is 2.31. The molecular formula is C17H24N2O. The maximum absolute atomic E-state index is 12.9. The number of para-hydroxylation sites is 1. The highest BCUT2D eigenvalue weighted by Crippen LogP contribution is 2.34. The van der Waals surface area contributed by atoms with Crippen molar-refractivity contribution in [3.8, 4) is 0 Å². The fourth-order valence-corrected chi connectivity index (χ4v) is 3.31. The van der Waals surface area contributed by atoms with E-state index in [9.17, 15) is 4.79 Å². The lowest BCUT2D eigenvalue weighted by Crippen LogP contribution is -2.41. The molecule has 1 aromatic carbocycles. The van der Waals surface area contributed by atoms with Crippen LogP contribution in [-0.4, -0.2) is 30.4 Å². The number of nitrogens with zero attached hydrogens (tertiary/aromatic N) is 1. The van der Waals surface area contributed by atoms with Crippen LogP contribution in [0.25, 0.3) is 0 Å². The number of likely N-dealkylation sites (N-methyl/N-ethyl adjacent to an activating group) is 1. The van der Waals surface area contributed by atoms with Gasteiger partial charge >= 0.3 is 0 Å². The molecule has 108 valence electrons. The summed E-state index contributed by atoms with van der Waals surface area (Å²) in [5, 5.41) is 3.40. The number of rotatable bonds is 4. The second kappa shape index (κ2) is 5.86. The van der Waals surface area contributed by atoms with Crippen LogP contribution in [-0.2, 0) is 4.79 Å². The normalized spacial score (nSPS) is 21.6. The Kier molecular flexibility index (Phi) is 3.95. The summed E-state index contributed by atoms with van der Waals surface area (Å²) in [5.41, 5.74) is 2.31. The van der Waals surface area contributed by atoms with Gasteiger partial charge in [-0.25, -0.2) is 0 Å². The fraction of sp³-hybridized carbons (Fsp3) is 0.588. The van der Waals surface area contributed by atoms with E-state index in [4.69, 9.17) is 0 Å². The van der Waals surface area contributed by atoms with Gasteiger partial charge in [0.05, 0.1) is 5.92 Å². The molecular weight excluding hydrogens is 248 g/mol. The highest BCUT2D eigenvalue weighted by molar-refractivity contribution is 5.86. The van der Waals surface area contributed by atoms with E-state index in [0.717, 1.165) is 37.7 Å². The van der Waals surface area contributed by atoms with Crippen LogP contribution in [0.1, 0.15) is 44.1 Å². The predicted molar refractivity (Wildman–Crippen MR) is 81.9 cm³/mol. The molecule has 1 aromatic rings. The minimum atomic E-state index is 0.0486. The Morgan fingerprint density at radius 3 is 2.80 bits per heavy atom. The van der Waals surface area contributed by atoms with Crippen molar-refractivity contribution < 1.29 is 4.79 Å². The molecule has 0 radical (unpaired) electrons. The van der Waals surface area contributed by atoms with E-state index in [1.807, 2.05) is 12.1 Å². The van der Waals surface area contributed by atoms with E-state index < -0.39 is 0 Å². The smallest absolute Gasteiger partial charge is 0.230 e. The maximum atomic E-state index is 12.9. The van der Waals surface area contributed by atoms with E-state index in [-0.39, 0.29) is 5.92 Å². The Morgan fingerprint density at radius 2 is 2.10 bits per heavy atom. The summed E-state index contributed by atoms with van der Waals surface area (Å²) in [6.45, 7) is 4.79. The first-order valence-corrected chi connectivity index (χ1v) is 7.91. The van der Waals surface area contributed by atoms with Crippen LogP contribution in [0.2, 0.25) is 0 Å². The summed E-state index contributed by atoms with van der Waals surface area (Å²) in [7, 11) is 0. The van der Waals surface area contributed by atoms with Gasteiger partial charge in [-0.05, 0) is 43.7 Å². The molecule has 3 nitrogen and oxygen atoms in total. The molecule has 1 unspecified atom stereocenters. The average molecular weight is 272 g/mol. The Labute approximate surface area is 121 Å². The lowest BCUT2D eigenvalue weighted by atomic mass is 9.84. The summed E-state index contributed by atoms with van der Waals surface area (Å²) >= 11 is 0. The molecule has 1 aliphatic heterocycles. The molecule has 1 amide bonds. The van der Waals surface area contributed by atoms with Crippen molar-refractivity contribution in [3.63, 3.8) is 0 Å². The second-order valence-electron chi connectivity index (χ2n) is 6.03. The van der Waals surface area contributed by atoms with E-state index in [1.54, 1.807) is 0 Å². The highest BCUT2D eigenvalue weighted by atomic mass is 16.2. The first-order valence-electron chi connectivity index (χ1n) is 7.91. The van der Waals surface area contributed by atoms with Gasteiger partial charge in [-0.15, -0.1) is 0 Å². The number of benzene rings is 1. The van der Waals surface area contributed by atoms with Crippen molar-refractivity contribution in [2.24, 2.45) is 5.92 Å². The number of carbonyl (C=O) groups excluding carboxylic acids is 1. The van der Waals surface area contributed by atoms with Gasteiger partial charge in [-0.3, -0.25) is 4.79 Å². The monoisotopic (exact) mass is 272 g/mol. The minimum Gasteiger partial charge on any atom is -0.385 e. The van der Waals surface area contributed by atoms with Crippen LogP contribution in [0, 0.1) is 5.92 Å². The van der Waals surface area contributed by atoms with Crippen molar-refractivity contribution in [2.75, 3.05) is 25.0 Å². The van der Waals surface area contributed by atoms with Gasteiger partial charge < -0.3 is 10.2 Å². The summed E-state index contributed by atoms with van der Waals surface area (Å²) in [5.74, 6) is 1.12. The van der Waals surface area contributed by atoms with Crippen LogP contribution >= 0.6 is 0 Å². The fourth-order valence-electron chi connectivity index (χ4n) is 3.31. The van der Waals surface area contributed by atoms with Gasteiger partial charge in [0, 0.05) is 25.3 Å². The molecule has 3 rings (SSSR count). The number of amides is 1. The molecule has 0 saturated heterocycles. The van der Waals surface area contributed by atoms with E-state index in [0.29, 0.717) is 5.91 Å². The summed E-state index contributed by atoms with van der Waals surface area (Å²) < 4.78 is 0. The van der Waals surface area contributed by atoms with Gasteiger partial charge in [0.1, 0.15) is 0 Å². The molecule has 3 heteroatoms. The van der Waals surface area contributed by atoms with Crippen LogP contribution in [0.5, 0.6) is 0 Å². The predicted octanol–water partition coefficient (Wildman–Crippen LogP) is 3.23. The zero-order valence-corrected chi connectivity index (χ0v) is 12.3. The minimum absolute atomic E-state index is 0.0486. The zero-order valence-electron chi connectivity index (χ0n) is 12.3. The summed E-state index contributed by atoms with van der Waals surface area (Å²) in [6, 6.07) is 8.25. The molecule has 1 aliphatic carbocycles. The first-order chi connectivity index (χ1) is 9.79. The van der Waals surface area contributed by atoms with Crippen molar-refractivity contribution in [2.45, 2.75) is 38.5 Å². The Balaban J connectivity index is 1.75. The first kappa shape index (κ1) is 13.5. The summed E-state index contributed by atoms with van der Waals surface area (Å²) in [6.07, 6.45) is 4.85. The van der Waals surface area contributed by atoms with E-state index >= 15 is 0 Å². The second-order valence-corrected chi connectivity index (χ2v) is 6.03. The Hall–Kier alpha value is -1.51. The standard InChI is InChI=1S/C17H24N2O/c1-2-19(12-13-6-5-7-13)17(20)15-10-11-18-16-9-4-3-8-14(15)16/h3-4,8-9,13,15,18H,2,5-7,10-12H2,1H3. The Morgan fingerprint density at radius 1 is 1.30 bits per heavy atom. The number of carbonyl (C=O) groups is 1. The van der Waals surface area contributed by atoms with Crippen molar-refractivity contribution in [1.82, 2.24) is 4.90 Å². The van der Waals surface area contributed by atoms with Crippen LogP contribution < -0.4 is 5.32 Å². The maximum Gasteiger partial charge on any atom is 0.230 e. The molecule has 1 N–H and O–H groups in total. The molecule has 20 heavy (non-hydrogen) atoms. The van der Waals surface area contributed by atoms with Gasteiger partial charge in [-0.2, -0.15) is 0 Å². The summed E-state index contributed by atoms with van der Waals surface area (Å²) in [4.78, 5) is 14.9. The Bertz CT molecular complexity index is 482. The third-order valence-electron chi connectivity index (χ3n) is 4.78. The number of anilines is 1. The van der Waals surface area contributed by atoms with Crippen LogP contribution in [0.3, 0.4) is 0 Å². The molecule has 1 heterocycles.